The van der Waals surface area contributed by atoms with Gasteiger partial charge in [-0.1, -0.05) is 11.6 Å². The van der Waals surface area contributed by atoms with Crippen LogP contribution in [0.15, 0.2) is 12.1 Å². The Morgan fingerprint density at radius 3 is 2.33 bits per heavy atom. The molecule has 1 N–H and O–H groups in total. The van der Waals surface area contributed by atoms with Crippen LogP contribution in [0.2, 0.25) is 5.02 Å². The van der Waals surface area contributed by atoms with E-state index in [-0.39, 0.29) is 0 Å². The average molecular weight is 239 g/mol. The van der Waals surface area contributed by atoms with Crippen LogP contribution >= 0.6 is 11.6 Å². The highest BCUT2D eigenvalue weighted by Crippen LogP contribution is 2.42. The molecule has 0 saturated carbocycles. The molecule has 0 fully saturated rings. The van der Waals surface area contributed by atoms with Crippen LogP contribution in [0, 0.1) is 0 Å². The van der Waals surface area contributed by atoms with Crippen LogP contribution in [0.1, 0.15) is 22.8 Å². The lowest BCUT2D eigenvalue weighted by molar-refractivity contribution is -0.138. The maximum absolute atomic E-state index is 12.4. The Morgan fingerprint density at radius 1 is 1.40 bits per heavy atom. The van der Waals surface area contributed by atoms with E-state index in [2.05, 4.69) is 0 Å². The number of halogens is 4. The molecule has 1 aromatic rings. The normalized spacial score (nSPS) is 11.5. The Morgan fingerprint density at radius 2 is 1.93 bits per heavy atom. The summed E-state index contributed by atoms with van der Waals surface area (Å²) in [6.45, 7) is 1.06. The van der Waals surface area contributed by atoms with E-state index in [1.165, 1.54) is 0 Å². The summed E-state index contributed by atoms with van der Waals surface area (Å²) in [6, 6.07) is 1.98. The van der Waals surface area contributed by atoms with Gasteiger partial charge in [0.1, 0.15) is 11.3 Å². The third-order valence-corrected chi connectivity index (χ3v) is 2.10. The molecule has 2 nitrogen and oxygen atoms in total. The van der Waals surface area contributed by atoms with Crippen molar-refractivity contribution in [2.24, 2.45) is 0 Å². The van der Waals surface area contributed by atoms with Crippen LogP contribution in [0.25, 0.3) is 0 Å². The molecule has 0 heterocycles. The number of carbonyl (C=O) groups excluding carboxylic acids is 1. The van der Waals surface area contributed by atoms with Gasteiger partial charge >= 0.3 is 6.18 Å². The van der Waals surface area contributed by atoms with Gasteiger partial charge in [-0.05, 0) is 19.1 Å². The summed E-state index contributed by atoms with van der Waals surface area (Å²) >= 11 is 5.30. The fourth-order valence-electron chi connectivity index (χ4n) is 1.12. The van der Waals surface area contributed by atoms with Crippen molar-refractivity contribution >= 4 is 17.4 Å². The highest BCUT2D eigenvalue weighted by atomic mass is 35.5. The van der Waals surface area contributed by atoms with Gasteiger partial charge in [0.2, 0.25) is 0 Å². The largest absolute Gasteiger partial charge is 0.506 e. The molecule has 0 unspecified atom stereocenters. The molecule has 6 heteroatoms. The number of benzene rings is 1. The second-order valence-corrected chi connectivity index (χ2v) is 3.28. The van der Waals surface area contributed by atoms with Crippen LogP contribution in [-0.4, -0.2) is 10.9 Å². The Bertz CT molecular complexity index is 413. The van der Waals surface area contributed by atoms with Crippen molar-refractivity contribution in [3.8, 4) is 5.75 Å². The number of phenols is 1. The summed E-state index contributed by atoms with van der Waals surface area (Å²) in [6.07, 6.45) is -4.79. The third-order valence-electron chi connectivity index (χ3n) is 1.79. The molecule has 15 heavy (non-hydrogen) atoms. The number of ketones is 1. The predicted molar refractivity (Wildman–Crippen MR) is 48.1 cm³/mol. The minimum Gasteiger partial charge on any atom is -0.506 e. The first kappa shape index (κ1) is 11.8. The first-order valence-electron chi connectivity index (χ1n) is 3.84. The van der Waals surface area contributed by atoms with E-state index in [4.69, 9.17) is 11.6 Å². The van der Waals surface area contributed by atoms with Gasteiger partial charge in [0.15, 0.2) is 5.78 Å². The van der Waals surface area contributed by atoms with E-state index < -0.39 is 33.9 Å². The molecule has 0 saturated heterocycles. The molecular formula is C9H6ClF3O2. The summed E-state index contributed by atoms with van der Waals surface area (Å²) in [4.78, 5) is 10.9. The number of phenolic OH excluding ortho intramolecular Hbond substituents is 1. The van der Waals surface area contributed by atoms with Gasteiger partial charge in [-0.15, -0.1) is 0 Å². The number of alkyl halides is 3. The van der Waals surface area contributed by atoms with Crippen LogP contribution in [0.5, 0.6) is 5.75 Å². The number of hydrogen-bond donors (Lipinski definition) is 1. The van der Waals surface area contributed by atoms with Gasteiger partial charge in [-0.2, -0.15) is 13.2 Å². The highest BCUT2D eigenvalue weighted by molar-refractivity contribution is 6.31. The summed E-state index contributed by atoms with van der Waals surface area (Å²) in [7, 11) is 0. The lowest BCUT2D eigenvalue weighted by atomic mass is 10.1. The number of rotatable bonds is 1. The molecule has 0 radical (unpaired) electrons. The molecule has 0 spiro atoms. The van der Waals surface area contributed by atoms with Gasteiger partial charge in [0.25, 0.3) is 0 Å². The minimum atomic E-state index is -4.79. The van der Waals surface area contributed by atoms with Crippen LogP contribution in [0.4, 0.5) is 13.2 Å². The number of Topliss-reactive ketones (excluding diaryl/α,β-unsaturated/α-hetero) is 1. The van der Waals surface area contributed by atoms with E-state index in [1.54, 1.807) is 0 Å². The Hall–Kier alpha value is -1.23. The lowest BCUT2D eigenvalue weighted by Gasteiger charge is -2.12. The van der Waals surface area contributed by atoms with Crippen molar-refractivity contribution in [1.82, 2.24) is 0 Å². The topological polar surface area (TPSA) is 37.3 Å². The lowest BCUT2D eigenvalue weighted by Crippen LogP contribution is -2.08. The van der Waals surface area contributed by atoms with E-state index in [0.717, 1.165) is 19.1 Å². The van der Waals surface area contributed by atoms with Gasteiger partial charge in [-0.3, -0.25) is 4.79 Å². The molecule has 0 atom stereocenters. The molecular weight excluding hydrogens is 233 g/mol. The SMILES string of the molecule is CC(=O)c1ccc(Cl)c(C(F)(F)F)c1O. The number of hydrogen-bond acceptors (Lipinski definition) is 2. The second-order valence-electron chi connectivity index (χ2n) is 2.87. The van der Waals surface area contributed by atoms with Crippen LogP contribution < -0.4 is 0 Å². The molecule has 0 aliphatic heterocycles. The minimum absolute atomic E-state index is 0.397. The predicted octanol–water partition coefficient (Wildman–Crippen LogP) is 3.27. The van der Waals surface area contributed by atoms with Crippen molar-refractivity contribution in [2.75, 3.05) is 0 Å². The summed E-state index contributed by atoms with van der Waals surface area (Å²) in [5, 5.41) is 8.62. The van der Waals surface area contributed by atoms with Gasteiger partial charge in [0, 0.05) is 0 Å². The smallest absolute Gasteiger partial charge is 0.421 e. The first-order valence-corrected chi connectivity index (χ1v) is 4.22. The molecule has 0 aliphatic carbocycles. The quantitative estimate of drug-likeness (QED) is 0.763. The Labute approximate surface area is 88.3 Å². The van der Waals surface area contributed by atoms with Crippen LogP contribution in [0.3, 0.4) is 0 Å². The van der Waals surface area contributed by atoms with Crippen LogP contribution in [-0.2, 0) is 6.18 Å². The molecule has 1 rings (SSSR count). The molecule has 1 aromatic carbocycles. The Kier molecular flexibility index (Phi) is 2.95. The van der Waals surface area contributed by atoms with Crippen molar-refractivity contribution in [2.45, 2.75) is 13.1 Å². The fourth-order valence-corrected chi connectivity index (χ4v) is 1.38. The highest BCUT2D eigenvalue weighted by Gasteiger charge is 2.37. The first-order chi connectivity index (χ1) is 6.75. The fraction of sp³-hybridized carbons (Fsp3) is 0.222. The zero-order valence-corrected chi connectivity index (χ0v) is 8.28. The summed E-state index contributed by atoms with van der Waals surface area (Å²) < 4.78 is 37.2. The van der Waals surface area contributed by atoms with Crippen molar-refractivity contribution in [1.29, 1.82) is 0 Å². The van der Waals surface area contributed by atoms with E-state index >= 15 is 0 Å². The third kappa shape index (κ3) is 2.23. The average Bonchev–Trinajstić information content (AvgIpc) is 2.00. The standard InChI is InChI=1S/C9H6ClF3O2/c1-4(14)5-2-3-6(10)7(8(5)15)9(11,12)13/h2-3,15H,1H3. The molecule has 0 aromatic heterocycles. The van der Waals surface area contributed by atoms with Gasteiger partial charge < -0.3 is 5.11 Å². The monoisotopic (exact) mass is 238 g/mol. The van der Waals surface area contributed by atoms with E-state index in [9.17, 15) is 23.1 Å². The van der Waals surface area contributed by atoms with Crippen molar-refractivity contribution in [3.63, 3.8) is 0 Å². The van der Waals surface area contributed by atoms with Crippen molar-refractivity contribution in [3.05, 3.63) is 28.3 Å². The van der Waals surface area contributed by atoms with E-state index in [1.807, 2.05) is 0 Å². The maximum atomic E-state index is 12.4. The molecule has 0 bridgehead atoms. The number of carbonyl (C=O) groups is 1. The molecule has 82 valence electrons. The summed E-state index contributed by atoms with van der Waals surface area (Å²) in [5.41, 5.74) is -1.77. The maximum Gasteiger partial charge on any atom is 0.421 e. The van der Waals surface area contributed by atoms with Gasteiger partial charge in [-0.25, -0.2) is 0 Å². The zero-order valence-electron chi connectivity index (χ0n) is 7.52. The summed E-state index contributed by atoms with van der Waals surface area (Å²) in [5.74, 6) is -1.78. The number of aromatic hydroxyl groups is 1. The van der Waals surface area contributed by atoms with E-state index in [0.29, 0.717) is 0 Å². The van der Waals surface area contributed by atoms with Gasteiger partial charge in [0.05, 0.1) is 10.6 Å². The Balaban J connectivity index is 3.51. The zero-order chi connectivity index (χ0) is 11.8. The van der Waals surface area contributed by atoms with Crippen molar-refractivity contribution < 1.29 is 23.1 Å². The molecule has 0 aliphatic rings. The second kappa shape index (κ2) is 3.73. The molecule has 0 amide bonds.